The van der Waals surface area contributed by atoms with Crippen molar-refractivity contribution in [3.63, 3.8) is 0 Å². The number of phenols is 1. The Morgan fingerprint density at radius 3 is 2.58 bits per heavy atom. The third-order valence-corrected chi connectivity index (χ3v) is 2.53. The molecule has 1 fully saturated rings. The molecule has 2 nitrogen and oxygen atoms in total. The minimum absolute atomic E-state index is 0.271. The summed E-state index contributed by atoms with van der Waals surface area (Å²) in [5, 5.41) is 19.2. The Hall–Kier alpha value is -1.02. The SMILES string of the molecule is Cc1c(O)cccc1C1(O)CC1. The molecule has 0 amide bonds. The summed E-state index contributed by atoms with van der Waals surface area (Å²) in [7, 11) is 0. The van der Waals surface area contributed by atoms with Gasteiger partial charge in [-0.05, 0) is 37.0 Å². The number of phenolic OH excluding ortho intramolecular Hbond substituents is 1. The van der Waals surface area contributed by atoms with Crippen molar-refractivity contribution in [2.24, 2.45) is 0 Å². The Bertz CT molecular complexity index is 314. The molecule has 2 N–H and O–H groups in total. The van der Waals surface area contributed by atoms with E-state index < -0.39 is 5.60 Å². The molecular formula is C10H12O2. The van der Waals surface area contributed by atoms with E-state index in [2.05, 4.69) is 0 Å². The summed E-state index contributed by atoms with van der Waals surface area (Å²) in [4.78, 5) is 0. The van der Waals surface area contributed by atoms with Gasteiger partial charge < -0.3 is 10.2 Å². The van der Waals surface area contributed by atoms with Crippen LogP contribution in [0.3, 0.4) is 0 Å². The molecular weight excluding hydrogens is 152 g/mol. The van der Waals surface area contributed by atoms with E-state index in [1.54, 1.807) is 12.1 Å². The van der Waals surface area contributed by atoms with Crippen molar-refractivity contribution >= 4 is 0 Å². The Morgan fingerprint density at radius 1 is 1.33 bits per heavy atom. The number of aromatic hydroxyl groups is 1. The third kappa shape index (κ3) is 0.994. The van der Waals surface area contributed by atoms with E-state index in [1.165, 1.54) is 0 Å². The summed E-state index contributed by atoms with van der Waals surface area (Å²) in [5.74, 6) is 0.271. The zero-order valence-corrected chi connectivity index (χ0v) is 7.04. The summed E-state index contributed by atoms with van der Waals surface area (Å²) in [5.41, 5.74) is 1.04. The fraction of sp³-hybridized carbons (Fsp3) is 0.400. The van der Waals surface area contributed by atoms with Crippen LogP contribution >= 0.6 is 0 Å². The van der Waals surface area contributed by atoms with Crippen LogP contribution in [0.1, 0.15) is 24.0 Å². The van der Waals surface area contributed by atoms with Crippen LogP contribution in [0.15, 0.2) is 18.2 Å². The monoisotopic (exact) mass is 164 g/mol. The van der Waals surface area contributed by atoms with Crippen molar-refractivity contribution in [1.82, 2.24) is 0 Å². The number of benzene rings is 1. The first-order valence-corrected chi connectivity index (χ1v) is 4.15. The molecule has 2 heteroatoms. The van der Waals surface area contributed by atoms with Crippen molar-refractivity contribution in [3.8, 4) is 5.75 Å². The molecule has 1 aromatic carbocycles. The normalized spacial score (nSPS) is 19.2. The highest BCUT2D eigenvalue weighted by molar-refractivity contribution is 5.43. The average molecular weight is 164 g/mol. The molecule has 0 spiro atoms. The summed E-state index contributed by atoms with van der Waals surface area (Å²) < 4.78 is 0. The van der Waals surface area contributed by atoms with Crippen molar-refractivity contribution in [2.75, 3.05) is 0 Å². The van der Waals surface area contributed by atoms with Crippen LogP contribution in [-0.4, -0.2) is 10.2 Å². The first-order chi connectivity index (χ1) is 5.63. The lowest BCUT2D eigenvalue weighted by Gasteiger charge is -2.11. The van der Waals surface area contributed by atoms with E-state index in [-0.39, 0.29) is 5.75 Å². The zero-order valence-electron chi connectivity index (χ0n) is 7.04. The second-order valence-electron chi connectivity index (χ2n) is 3.48. The van der Waals surface area contributed by atoms with Gasteiger partial charge in [-0.2, -0.15) is 0 Å². The highest BCUT2D eigenvalue weighted by atomic mass is 16.3. The quantitative estimate of drug-likeness (QED) is 0.663. The molecule has 0 unspecified atom stereocenters. The molecule has 0 radical (unpaired) electrons. The fourth-order valence-electron chi connectivity index (χ4n) is 1.52. The van der Waals surface area contributed by atoms with Crippen molar-refractivity contribution in [1.29, 1.82) is 0 Å². The van der Waals surface area contributed by atoms with Crippen LogP contribution in [0, 0.1) is 6.92 Å². The Morgan fingerprint density at radius 2 is 2.00 bits per heavy atom. The molecule has 0 saturated heterocycles. The number of hydrogen-bond donors (Lipinski definition) is 2. The van der Waals surface area contributed by atoms with E-state index in [4.69, 9.17) is 0 Å². The summed E-state index contributed by atoms with van der Waals surface area (Å²) >= 11 is 0. The maximum Gasteiger partial charge on any atom is 0.118 e. The molecule has 12 heavy (non-hydrogen) atoms. The lowest BCUT2D eigenvalue weighted by Crippen LogP contribution is -2.06. The van der Waals surface area contributed by atoms with Crippen LogP contribution in [0.2, 0.25) is 0 Å². The molecule has 2 rings (SSSR count). The molecule has 0 aliphatic heterocycles. The number of hydrogen-bond acceptors (Lipinski definition) is 2. The topological polar surface area (TPSA) is 40.5 Å². The van der Waals surface area contributed by atoms with Gasteiger partial charge in [0, 0.05) is 0 Å². The van der Waals surface area contributed by atoms with Crippen molar-refractivity contribution in [3.05, 3.63) is 29.3 Å². The number of rotatable bonds is 1. The maximum absolute atomic E-state index is 9.79. The lowest BCUT2D eigenvalue weighted by atomic mass is 10.0. The molecule has 0 aromatic heterocycles. The van der Waals surface area contributed by atoms with Crippen molar-refractivity contribution in [2.45, 2.75) is 25.4 Å². The van der Waals surface area contributed by atoms with Crippen LogP contribution in [0.4, 0.5) is 0 Å². The van der Waals surface area contributed by atoms with Gasteiger partial charge in [0.05, 0.1) is 5.60 Å². The van der Waals surface area contributed by atoms with Crippen LogP contribution < -0.4 is 0 Å². The zero-order chi connectivity index (χ0) is 8.77. The standard InChI is InChI=1S/C10H12O2/c1-7-8(10(12)5-6-10)3-2-4-9(7)11/h2-4,11-12H,5-6H2,1H3. The average Bonchev–Trinajstić information content (AvgIpc) is 2.75. The second-order valence-corrected chi connectivity index (χ2v) is 3.48. The van der Waals surface area contributed by atoms with Gasteiger partial charge in [0.1, 0.15) is 5.75 Å². The number of aliphatic hydroxyl groups is 1. The second kappa shape index (κ2) is 2.23. The molecule has 1 aliphatic carbocycles. The van der Waals surface area contributed by atoms with Gasteiger partial charge >= 0.3 is 0 Å². The van der Waals surface area contributed by atoms with E-state index in [1.807, 2.05) is 13.0 Å². The Balaban J connectivity index is 2.51. The minimum Gasteiger partial charge on any atom is -0.508 e. The van der Waals surface area contributed by atoms with Crippen LogP contribution in [0.25, 0.3) is 0 Å². The van der Waals surface area contributed by atoms with Crippen molar-refractivity contribution < 1.29 is 10.2 Å². The van der Waals surface area contributed by atoms with E-state index in [0.29, 0.717) is 0 Å². The van der Waals surface area contributed by atoms with Gasteiger partial charge in [0.2, 0.25) is 0 Å². The van der Waals surface area contributed by atoms with Gasteiger partial charge in [-0.15, -0.1) is 0 Å². The molecule has 0 bridgehead atoms. The van der Waals surface area contributed by atoms with E-state index >= 15 is 0 Å². The summed E-state index contributed by atoms with van der Waals surface area (Å²) in [6.07, 6.45) is 1.63. The Kier molecular flexibility index (Phi) is 1.42. The highest BCUT2D eigenvalue weighted by Crippen LogP contribution is 2.47. The van der Waals surface area contributed by atoms with Gasteiger partial charge in [-0.3, -0.25) is 0 Å². The first-order valence-electron chi connectivity index (χ1n) is 4.15. The van der Waals surface area contributed by atoms with Gasteiger partial charge in [0.25, 0.3) is 0 Å². The Labute approximate surface area is 71.5 Å². The predicted octanol–water partition coefficient (Wildman–Crippen LogP) is 1.68. The van der Waals surface area contributed by atoms with Crippen LogP contribution in [-0.2, 0) is 5.60 Å². The fourth-order valence-corrected chi connectivity index (χ4v) is 1.52. The van der Waals surface area contributed by atoms with Gasteiger partial charge in [-0.25, -0.2) is 0 Å². The third-order valence-electron chi connectivity index (χ3n) is 2.53. The molecule has 64 valence electrons. The summed E-state index contributed by atoms with van der Waals surface area (Å²) in [6, 6.07) is 5.29. The minimum atomic E-state index is -0.636. The van der Waals surface area contributed by atoms with Crippen LogP contribution in [0.5, 0.6) is 5.75 Å². The molecule has 1 aliphatic rings. The van der Waals surface area contributed by atoms with E-state index in [0.717, 1.165) is 24.0 Å². The van der Waals surface area contributed by atoms with Gasteiger partial charge in [-0.1, -0.05) is 12.1 Å². The first kappa shape index (κ1) is 7.62. The molecule has 1 saturated carbocycles. The largest absolute Gasteiger partial charge is 0.508 e. The molecule has 0 heterocycles. The molecule has 1 aromatic rings. The van der Waals surface area contributed by atoms with Gasteiger partial charge in [0.15, 0.2) is 0 Å². The highest BCUT2D eigenvalue weighted by Gasteiger charge is 2.43. The summed E-state index contributed by atoms with van der Waals surface area (Å²) in [6.45, 7) is 1.83. The molecule has 0 atom stereocenters. The maximum atomic E-state index is 9.79. The van der Waals surface area contributed by atoms with E-state index in [9.17, 15) is 10.2 Å². The predicted molar refractivity (Wildman–Crippen MR) is 46.0 cm³/mol. The lowest BCUT2D eigenvalue weighted by molar-refractivity contribution is 0.150. The smallest absolute Gasteiger partial charge is 0.118 e.